The van der Waals surface area contributed by atoms with Gasteiger partial charge >= 0.3 is 9.28 Å². The Morgan fingerprint density at radius 1 is 0.905 bits per heavy atom. The fraction of sp³-hybridized carbons (Fsp3) is 0.571. The first-order chi connectivity index (χ1) is 10.0. The second-order valence-electron chi connectivity index (χ2n) is 4.53. The van der Waals surface area contributed by atoms with Gasteiger partial charge in [-0.1, -0.05) is 13.8 Å². The van der Waals surface area contributed by atoms with Gasteiger partial charge in [-0.3, -0.25) is 0 Å². The van der Waals surface area contributed by atoms with E-state index in [0.29, 0.717) is 25.3 Å². The fourth-order valence-corrected chi connectivity index (χ4v) is 3.37. The van der Waals surface area contributed by atoms with Crippen LogP contribution in [0.15, 0.2) is 6.07 Å². The van der Waals surface area contributed by atoms with Crippen LogP contribution >= 0.6 is 0 Å². The van der Waals surface area contributed by atoms with E-state index in [4.69, 9.17) is 8.85 Å². The average Bonchev–Trinajstić information content (AvgIpc) is 2.49. The van der Waals surface area contributed by atoms with Gasteiger partial charge in [0.2, 0.25) is 0 Å². The van der Waals surface area contributed by atoms with E-state index in [1.807, 2.05) is 13.8 Å². The summed E-state index contributed by atoms with van der Waals surface area (Å²) < 4.78 is 63.7. The number of hydrogen-bond donors (Lipinski definition) is 0. The minimum absolute atomic E-state index is 0.0433. The van der Waals surface area contributed by atoms with E-state index < -0.39 is 32.6 Å². The zero-order chi connectivity index (χ0) is 15.8. The molecule has 0 amide bonds. The molecule has 0 aliphatic heterocycles. The van der Waals surface area contributed by atoms with Gasteiger partial charge in [0.15, 0.2) is 23.3 Å². The molecule has 0 saturated heterocycles. The molecule has 0 aliphatic carbocycles. The van der Waals surface area contributed by atoms with Gasteiger partial charge in [0, 0.05) is 13.2 Å². The molecular weight excluding hydrogens is 304 g/mol. The first kappa shape index (κ1) is 18.1. The van der Waals surface area contributed by atoms with Gasteiger partial charge in [0.1, 0.15) is 0 Å². The van der Waals surface area contributed by atoms with Crippen molar-refractivity contribution in [2.24, 2.45) is 0 Å². The highest BCUT2D eigenvalue weighted by Gasteiger charge is 2.21. The van der Waals surface area contributed by atoms with Crippen molar-refractivity contribution >= 4 is 9.28 Å². The molecule has 119 valence electrons. The van der Waals surface area contributed by atoms with Crippen molar-refractivity contribution in [2.45, 2.75) is 39.2 Å². The highest BCUT2D eigenvalue weighted by molar-refractivity contribution is 6.44. The molecule has 21 heavy (non-hydrogen) atoms. The van der Waals surface area contributed by atoms with Crippen molar-refractivity contribution in [3.8, 4) is 0 Å². The molecule has 0 aromatic heterocycles. The predicted molar refractivity (Wildman–Crippen MR) is 73.0 cm³/mol. The molecule has 0 bridgehead atoms. The number of halogens is 4. The van der Waals surface area contributed by atoms with Crippen molar-refractivity contribution in [3.63, 3.8) is 0 Å². The Morgan fingerprint density at radius 3 is 2.00 bits per heavy atom. The molecule has 0 heterocycles. The maximum Gasteiger partial charge on any atom is 0.384 e. The molecule has 1 rings (SSSR count). The Hall–Kier alpha value is -0.923. The van der Waals surface area contributed by atoms with Crippen molar-refractivity contribution in [1.29, 1.82) is 0 Å². The lowest BCUT2D eigenvalue weighted by atomic mass is 10.1. The summed E-state index contributed by atoms with van der Waals surface area (Å²) in [6.07, 6.45) is 1.68. The Bertz CT molecular complexity index is 449. The first-order valence-electron chi connectivity index (χ1n) is 6.94. The van der Waals surface area contributed by atoms with E-state index in [1.54, 1.807) is 0 Å². The molecule has 0 saturated carbocycles. The lowest BCUT2D eigenvalue weighted by molar-refractivity contribution is 0.196. The molecule has 1 aromatic carbocycles. The Kier molecular flexibility index (Phi) is 7.91. The second kappa shape index (κ2) is 9.17. The van der Waals surface area contributed by atoms with Gasteiger partial charge in [0.25, 0.3) is 0 Å². The Morgan fingerprint density at radius 2 is 1.48 bits per heavy atom. The molecular formula is C14H19F4O2Si. The molecule has 7 heteroatoms. The molecule has 0 N–H and O–H groups in total. The number of rotatable bonds is 9. The second-order valence-corrected chi connectivity index (χ2v) is 6.35. The standard InChI is InChI=1S/C14H19F4O2Si/c1-3-6-19-21(20-7-4-2)8-5-10-9-11(15)13(17)14(18)12(10)16/h9H,3-8H2,1-2H3. The van der Waals surface area contributed by atoms with Crippen LogP contribution in [0.5, 0.6) is 0 Å². The van der Waals surface area contributed by atoms with E-state index in [1.165, 1.54) is 0 Å². The maximum atomic E-state index is 13.5. The van der Waals surface area contributed by atoms with Crippen molar-refractivity contribution in [2.75, 3.05) is 13.2 Å². The smallest absolute Gasteiger partial charge is 0.384 e. The molecule has 0 spiro atoms. The van der Waals surface area contributed by atoms with E-state index in [-0.39, 0.29) is 12.0 Å². The van der Waals surface area contributed by atoms with Crippen LogP contribution in [0.3, 0.4) is 0 Å². The third-order valence-electron chi connectivity index (χ3n) is 2.71. The zero-order valence-corrected chi connectivity index (χ0v) is 13.1. The monoisotopic (exact) mass is 323 g/mol. The third kappa shape index (κ3) is 5.41. The summed E-state index contributed by atoms with van der Waals surface area (Å²) in [6, 6.07) is 1.03. The molecule has 0 atom stereocenters. The van der Waals surface area contributed by atoms with E-state index >= 15 is 0 Å². The van der Waals surface area contributed by atoms with Gasteiger partial charge in [-0.2, -0.15) is 0 Å². The summed E-state index contributed by atoms with van der Waals surface area (Å²) >= 11 is 0. The lowest BCUT2D eigenvalue weighted by Crippen LogP contribution is -2.24. The highest BCUT2D eigenvalue weighted by Crippen LogP contribution is 2.20. The molecule has 1 radical (unpaired) electrons. The highest BCUT2D eigenvalue weighted by atomic mass is 28.3. The largest absolute Gasteiger partial charge is 0.393 e. The molecule has 0 aliphatic rings. The Labute approximate surface area is 123 Å². The maximum absolute atomic E-state index is 13.5. The minimum Gasteiger partial charge on any atom is -0.393 e. The first-order valence-corrected chi connectivity index (χ1v) is 8.46. The van der Waals surface area contributed by atoms with Crippen molar-refractivity contribution in [3.05, 3.63) is 34.9 Å². The van der Waals surface area contributed by atoms with Crippen LogP contribution in [-0.2, 0) is 15.3 Å². The summed E-state index contributed by atoms with van der Waals surface area (Å²) in [6.45, 7) is 4.94. The van der Waals surface area contributed by atoms with Crippen LogP contribution in [0.4, 0.5) is 17.6 Å². The zero-order valence-electron chi connectivity index (χ0n) is 12.1. The molecule has 1 aromatic rings. The van der Waals surface area contributed by atoms with Crippen LogP contribution in [0.25, 0.3) is 0 Å². The fourth-order valence-electron chi connectivity index (χ4n) is 1.66. The average molecular weight is 323 g/mol. The predicted octanol–water partition coefficient (Wildman–Crippen LogP) is 4.13. The number of aryl methyl sites for hydroxylation is 1. The summed E-state index contributed by atoms with van der Waals surface area (Å²) in [4.78, 5) is 0. The minimum atomic E-state index is -1.79. The molecule has 0 unspecified atom stereocenters. The Balaban J connectivity index is 2.70. The summed E-state index contributed by atoms with van der Waals surface area (Å²) in [5, 5.41) is 0. The van der Waals surface area contributed by atoms with Crippen LogP contribution in [0.2, 0.25) is 6.04 Å². The summed E-state index contributed by atoms with van der Waals surface area (Å²) in [5.74, 6) is -6.29. The van der Waals surface area contributed by atoms with Gasteiger partial charge in [0.05, 0.1) is 0 Å². The van der Waals surface area contributed by atoms with Crippen LogP contribution in [0.1, 0.15) is 32.3 Å². The van der Waals surface area contributed by atoms with Gasteiger partial charge in [-0.25, -0.2) is 17.6 Å². The van der Waals surface area contributed by atoms with E-state index in [2.05, 4.69) is 0 Å². The van der Waals surface area contributed by atoms with Crippen LogP contribution < -0.4 is 0 Å². The van der Waals surface area contributed by atoms with Crippen LogP contribution in [-0.4, -0.2) is 22.5 Å². The molecule has 0 fully saturated rings. The molecule has 2 nitrogen and oxygen atoms in total. The van der Waals surface area contributed by atoms with Gasteiger partial charge in [-0.05, 0) is 36.9 Å². The third-order valence-corrected chi connectivity index (χ3v) is 4.42. The van der Waals surface area contributed by atoms with Gasteiger partial charge in [-0.15, -0.1) is 0 Å². The number of hydrogen-bond acceptors (Lipinski definition) is 2. The van der Waals surface area contributed by atoms with E-state index in [9.17, 15) is 17.6 Å². The SMILES string of the molecule is CCCO[Si](CCc1cc(F)c(F)c(F)c1F)OCCC. The lowest BCUT2D eigenvalue weighted by Gasteiger charge is -2.15. The normalized spacial score (nSPS) is 11.4. The topological polar surface area (TPSA) is 18.5 Å². The van der Waals surface area contributed by atoms with Gasteiger partial charge < -0.3 is 8.85 Å². The summed E-state index contributed by atoms with van der Waals surface area (Å²) in [5.41, 5.74) is -0.200. The quantitative estimate of drug-likeness (QED) is 0.294. The van der Waals surface area contributed by atoms with Crippen LogP contribution in [0, 0.1) is 23.3 Å². The summed E-state index contributed by atoms with van der Waals surface area (Å²) in [7, 11) is -1.62. The van der Waals surface area contributed by atoms with E-state index in [0.717, 1.165) is 12.8 Å². The number of benzene rings is 1. The van der Waals surface area contributed by atoms with Crippen molar-refractivity contribution in [1.82, 2.24) is 0 Å². The van der Waals surface area contributed by atoms with Crippen molar-refractivity contribution < 1.29 is 26.4 Å².